The number of aryl methyl sites for hydroxylation is 1. The van der Waals surface area contributed by atoms with Crippen LogP contribution in [0.15, 0.2) is 36.7 Å². The number of carbonyl (C=O) groups excluding carboxylic acids is 1. The van der Waals surface area contributed by atoms with Gasteiger partial charge in [0.05, 0.1) is 6.07 Å². The smallest absolute Gasteiger partial charge is 0.235 e. The molecule has 5 nitrogen and oxygen atoms in total. The molecule has 2 rings (SSSR count). The molecule has 2 aromatic rings. The third kappa shape index (κ3) is 3.01. The largest absolute Gasteiger partial charge is 0.341 e. The number of aromatic nitrogens is 2. The molecule has 0 fully saturated rings. The van der Waals surface area contributed by atoms with Crippen LogP contribution in [0.2, 0.25) is 0 Å². The summed E-state index contributed by atoms with van der Waals surface area (Å²) in [5.74, 6) is -0.136. The number of nitriles is 1. The molecular weight excluding hydrogens is 259 g/mol. The summed E-state index contributed by atoms with van der Waals surface area (Å²) in [6.45, 7) is 0. The maximum absolute atomic E-state index is 13.0. The summed E-state index contributed by atoms with van der Waals surface area (Å²) >= 11 is 0. The fourth-order valence-corrected chi connectivity index (χ4v) is 1.89. The van der Waals surface area contributed by atoms with Crippen LogP contribution in [0.5, 0.6) is 0 Å². The summed E-state index contributed by atoms with van der Waals surface area (Å²) in [4.78, 5) is 15.9. The molecular formula is C14H13FN4O. The van der Waals surface area contributed by atoms with Crippen molar-refractivity contribution < 1.29 is 9.18 Å². The molecule has 0 aliphatic heterocycles. The van der Waals surface area contributed by atoms with Gasteiger partial charge in [0.25, 0.3) is 0 Å². The van der Waals surface area contributed by atoms with E-state index in [1.165, 1.54) is 12.1 Å². The first-order chi connectivity index (χ1) is 9.61. The number of imidazole rings is 1. The summed E-state index contributed by atoms with van der Waals surface area (Å²) in [7, 11) is 1.80. The average molecular weight is 272 g/mol. The van der Waals surface area contributed by atoms with Crippen LogP contribution < -0.4 is 5.32 Å². The monoisotopic (exact) mass is 272 g/mol. The summed E-state index contributed by atoms with van der Waals surface area (Å²) < 4.78 is 14.8. The Kier molecular flexibility index (Phi) is 4.11. The van der Waals surface area contributed by atoms with Crippen molar-refractivity contribution in [3.63, 3.8) is 0 Å². The molecule has 0 radical (unpaired) electrons. The van der Waals surface area contributed by atoms with Crippen LogP contribution in [0.1, 0.15) is 23.9 Å². The van der Waals surface area contributed by atoms with Gasteiger partial charge < -0.3 is 9.88 Å². The van der Waals surface area contributed by atoms with Crippen molar-refractivity contribution in [1.82, 2.24) is 14.9 Å². The normalized spacial score (nSPS) is 11.7. The van der Waals surface area contributed by atoms with Gasteiger partial charge in [-0.25, -0.2) is 9.37 Å². The molecule has 1 atom stereocenters. The summed E-state index contributed by atoms with van der Waals surface area (Å²) in [6, 6.07) is 7.09. The number of nitrogens with one attached hydrogen (secondary N) is 1. The lowest BCUT2D eigenvalue weighted by molar-refractivity contribution is -0.120. The Morgan fingerprint density at radius 3 is 2.75 bits per heavy atom. The first kappa shape index (κ1) is 13.7. The fourth-order valence-electron chi connectivity index (χ4n) is 1.89. The van der Waals surface area contributed by atoms with Gasteiger partial charge in [-0.05, 0) is 17.7 Å². The highest BCUT2D eigenvalue weighted by atomic mass is 19.1. The molecule has 0 spiro atoms. The van der Waals surface area contributed by atoms with E-state index >= 15 is 0 Å². The first-order valence-corrected chi connectivity index (χ1v) is 6.01. The summed E-state index contributed by atoms with van der Waals surface area (Å²) in [6.07, 6.45) is 3.13. The van der Waals surface area contributed by atoms with E-state index in [0.29, 0.717) is 11.4 Å². The molecule has 6 heteroatoms. The van der Waals surface area contributed by atoms with Crippen LogP contribution in [0, 0.1) is 17.1 Å². The number of hydrogen-bond donors (Lipinski definition) is 1. The second kappa shape index (κ2) is 5.97. The Hall–Kier alpha value is -2.68. The predicted octanol–water partition coefficient (Wildman–Crippen LogP) is 1.68. The minimum absolute atomic E-state index is 0.234. The molecule has 1 aromatic heterocycles. The highest BCUT2D eigenvalue weighted by Gasteiger charge is 2.20. The second-order valence-electron chi connectivity index (χ2n) is 4.28. The summed E-state index contributed by atoms with van der Waals surface area (Å²) in [5.41, 5.74) is 0.701. The van der Waals surface area contributed by atoms with E-state index in [1.807, 2.05) is 0 Å². The molecule has 0 aliphatic rings. The van der Waals surface area contributed by atoms with Crippen LogP contribution in [0.4, 0.5) is 4.39 Å². The number of amides is 1. The molecule has 1 unspecified atom stereocenters. The van der Waals surface area contributed by atoms with Gasteiger partial charge in [0, 0.05) is 19.4 Å². The maximum atomic E-state index is 13.0. The predicted molar refractivity (Wildman–Crippen MR) is 69.8 cm³/mol. The van der Waals surface area contributed by atoms with Gasteiger partial charge in [-0.15, -0.1) is 0 Å². The van der Waals surface area contributed by atoms with Gasteiger partial charge in [-0.3, -0.25) is 4.79 Å². The molecule has 20 heavy (non-hydrogen) atoms. The number of benzene rings is 1. The zero-order valence-corrected chi connectivity index (χ0v) is 10.9. The zero-order valence-electron chi connectivity index (χ0n) is 10.9. The Labute approximate surface area is 115 Å². The van der Waals surface area contributed by atoms with E-state index < -0.39 is 11.9 Å². The average Bonchev–Trinajstić information content (AvgIpc) is 2.84. The van der Waals surface area contributed by atoms with E-state index in [4.69, 9.17) is 5.26 Å². The van der Waals surface area contributed by atoms with Gasteiger partial charge in [0.2, 0.25) is 5.91 Å². The number of nitrogens with zero attached hydrogens (tertiary/aromatic N) is 3. The van der Waals surface area contributed by atoms with E-state index in [0.717, 1.165) is 0 Å². The van der Waals surface area contributed by atoms with E-state index in [9.17, 15) is 9.18 Å². The van der Waals surface area contributed by atoms with Crippen LogP contribution in [-0.2, 0) is 11.8 Å². The standard InChI is InChI=1S/C14H13FN4O/c1-19-9-8-17-14(19)13(18-12(20)6-7-16)10-2-4-11(15)5-3-10/h2-5,8-9,13H,6H2,1H3,(H,18,20). The Bertz CT molecular complexity index is 642. The van der Waals surface area contributed by atoms with Crippen LogP contribution >= 0.6 is 0 Å². The van der Waals surface area contributed by atoms with Gasteiger partial charge in [-0.1, -0.05) is 12.1 Å². The number of halogens is 1. The fraction of sp³-hybridized carbons (Fsp3) is 0.214. The molecule has 0 aliphatic carbocycles. The summed E-state index contributed by atoms with van der Waals surface area (Å²) in [5, 5.41) is 11.3. The van der Waals surface area contributed by atoms with E-state index in [2.05, 4.69) is 10.3 Å². The van der Waals surface area contributed by atoms with Crippen molar-refractivity contribution in [2.24, 2.45) is 7.05 Å². The van der Waals surface area contributed by atoms with Crippen LogP contribution in [-0.4, -0.2) is 15.5 Å². The Morgan fingerprint density at radius 1 is 1.50 bits per heavy atom. The molecule has 0 saturated carbocycles. The minimum atomic E-state index is -0.517. The molecule has 1 N–H and O–H groups in total. The quantitative estimate of drug-likeness (QED) is 0.920. The number of carbonyl (C=O) groups is 1. The molecule has 1 amide bonds. The van der Waals surface area contributed by atoms with E-state index in [1.54, 1.807) is 42.2 Å². The minimum Gasteiger partial charge on any atom is -0.341 e. The van der Waals surface area contributed by atoms with Gasteiger partial charge >= 0.3 is 0 Å². The Balaban J connectivity index is 2.34. The molecule has 102 valence electrons. The highest BCUT2D eigenvalue weighted by Crippen LogP contribution is 2.20. The van der Waals surface area contributed by atoms with Crippen molar-refractivity contribution >= 4 is 5.91 Å². The lowest BCUT2D eigenvalue weighted by atomic mass is 10.1. The molecule has 1 heterocycles. The number of hydrogen-bond acceptors (Lipinski definition) is 3. The SMILES string of the molecule is Cn1ccnc1C(NC(=O)CC#N)c1ccc(F)cc1. The van der Waals surface area contributed by atoms with Crippen molar-refractivity contribution in [1.29, 1.82) is 5.26 Å². The van der Waals surface area contributed by atoms with Crippen LogP contribution in [0.25, 0.3) is 0 Å². The lowest BCUT2D eigenvalue weighted by Gasteiger charge is -2.18. The maximum Gasteiger partial charge on any atom is 0.235 e. The zero-order chi connectivity index (χ0) is 14.5. The highest BCUT2D eigenvalue weighted by molar-refractivity contribution is 5.78. The first-order valence-electron chi connectivity index (χ1n) is 6.01. The second-order valence-corrected chi connectivity index (χ2v) is 4.28. The number of rotatable bonds is 4. The van der Waals surface area contributed by atoms with Crippen molar-refractivity contribution in [2.45, 2.75) is 12.5 Å². The topological polar surface area (TPSA) is 70.7 Å². The van der Waals surface area contributed by atoms with Crippen molar-refractivity contribution in [2.75, 3.05) is 0 Å². The van der Waals surface area contributed by atoms with Gasteiger partial charge in [0.15, 0.2) is 0 Å². The van der Waals surface area contributed by atoms with Crippen molar-refractivity contribution in [3.05, 3.63) is 53.9 Å². The Morgan fingerprint density at radius 2 is 2.20 bits per heavy atom. The third-order valence-electron chi connectivity index (χ3n) is 2.86. The lowest BCUT2D eigenvalue weighted by Crippen LogP contribution is -2.30. The van der Waals surface area contributed by atoms with Crippen LogP contribution in [0.3, 0.4) is 0 Å². The van der Waals surface area contributed by atoms with Gasteiger partial charge in [0.1, 0.15) is 24.1 Å². The van der Waals surface area contributed by atoms with Crippen molar-refractivity contribution in [3.8, 4) is 6.07 Å². The molecule has 0 bridgehead atoms. The molecule has 1 aromatic carbocycles. The molecule has 0 saturated heterocycles. The van der Waals surface area contributed by atoms with Gasteiger partial charge in [-0.2, -0.15) is 5.26 Å². The van der Waals surface area contributed by atoms with E-state index in [-0.39, 0.29) is 12.2 Å². The third-order valence-corrected chi connectivity index (χ3v) is 2.86.